The maximum absolute atomic E-state index is 11.6. The predicted molar refractivity (Wildman–Crippen MR) is 76.4 cm³/mol. The van der Waals surface area contributed by atoms with Gasteiger partial charge in [0.05, 0.1) is 0 Å². The van der Waals surface area contributed by atoms with Crippen LogP contribution in [0.25, 0.3) is 5.70 Å². The molecular weight excluding hydrogens is 226 g/mol. The second-order valence-electron chi connectivity index (χ2n) is 4.64. The van der Waals surface area contributed by atoms with Crippen molar-refractivity contribution in [1.82, 2.24) is 5.32 Å². The molecule has 0 radical (unpaired) electrons. The van der Waals surface area contributed by atoms with Gasteiger partial charge in [-0.3, -0.25) is 4.79 Å². The van der Waals surface area contributed by atoms with Crippen LogP contribution in [0.2, 0.25) is 0 Å². The largest absolute Gasteiger partial charge is 0.399 e. The van der Waals surface area contributed by atoms with Crippen molar-refractivity contribution in [2.24, 2.45) is 11.7 Å². The van der Waals surface area contributed by atoms with Crippen molar-refractivity contribution >= 4 is 17.3 Å². The lowest BCUT2D eigenvalue weighted by atomic mass is 10.1. The van der Waals surface area contributed by atoms with Crippen LogP contribution in [-0.2, 0) is 0 Å². The van der Waals surface area contributed by atoms with Gasteiger partial charge in [0.15, 0.2) is 0 Å². The Morgan fingerprint density at radius 3 is 2.61 bits per heavy atom. The molecule has 18 heavy (non-hydrogen) atoms. The molecule has 1 rings (SSSR count). The first-order valence-electron chi connectivity index (χ1n) is 6.00. The Morgan fingerprint density at radius 2 is 2.11 bits per heavy atom. The van der Waals surface area contributed by atoms with Gasteiger partial charge in [0.2, 0.25) is 0 Å². The van der Waals surface area contributed by atoms with Crippen LogP contribution in [0.1, 0.15) is 29.8 Å². The molecule has 0 spiro atoms. The van der Waals surface area contributed by atoms with Crippen molar-refractivity contribution in [3.05, 3.63) is 35.9 Å². The number of rotatable bonds is 5. The highest BCUT2D eigenvalue weighted by Gasteiger charge is 2.09. The van der Waals surface area contributed by atoms with Crippen molar-refractivity contribution in [2.75, 3.05) is 18.9 Å². The van der Waals surface area contributed by atoms with Gasteiger partial charge in [-0.2, -0.15) is 0 Å². The molecule has 4 heteroatoms. The Balaban J connectivity index is 3.07. The topological polar surface area (TPSA) is 67.2 Å². The van der Waals surface area contributed by atoms with Gasteiger partial charge in [0.1, 0.15) is 0 Å². The van der Waals surface area contributed by atoms with E-state index in [1.54, 1.807) is 19.2 Å². The normalized spacial score (nSPS) is 10.2. The van der Waals surface area contributed by atoms with Crippen LogP contribution in [0, 0.1) is 5.92 Å². The molecule has 0 heterocycles. The van der Waals surface area contributed by atoms with Crippen LogP contribution in [0.15, 0.2) is 24.8 Å². The maximum atomic E-state index is 11.6. The molecule has 0 atom stereocenters. The number of hydrogen-bond donors (Lipinski definition) is 3. The highest BCUT2D eigenvalue weighted by molar-refractivity contribution is 5.96. The van der Waals surface area contributed by atoms with Crippen LogP contribution < -0.4 is 16.4 Å². The Morgan fingerprint density at radius 1 is 1.44 bits per heavy atom. The molecule has 1 aromatic rings. The SMILES string of the molecule is C=C(N)c1ccc(C(=O)NC)cc1NCC(C)C. The fraction of sp³-hybridized carbons (Fsp3) is 0.357. The monoisotopic (exact) mass is 247 g/mol. The highest BCUT2D eigenvalue weighted by Crippen LogP contribution is 2.22. The molecule has 0 saturated carbocycles. The van der Waals surface area contributed by atoms with E-state index in [0.29, 0.717) is 17.2 Å². The quantitative estimate of drug-likeness (QED) is 0.746. The van der Waals surface area contributed by atoms with Crippen molar-refractivity contribution in [2.45, 2.75) is 13.8 Å². The van der Waals surface area contributed by atoms with E-state index in [9.17, 15) is 4.79 Å². The fourth-order valence-corrected chi connectivity index (χ4v) is 1.57. The first kappa shape index (κ1) is 14.1. The summed E-state index contributed by atoms with van der Waals surface area (Å²) >= 11 is 0. The Bertz CT molecular complexity index is 452. The number of benzene rings is 1. The second-order valence-corrected chi connectivity index (χ2v) is 4.64. The van der Waals surface area contributed by atoms with Gasteiger partial charge in [0, 0.05) is 36.1 Å². The van der Waals surface area contributed by atoms with Gasteiger partial charge in [-0.1, -0.05) is 26.5 Å². The molecular formula is C14H21N3O. The molecule has 0 saturated heterocycles. The minimum absolute atomic E-state index is 0.114. The van der Waals surface area contributed by atoms with Crippen molar-refractivity contribution < 1.29 is 4.79 Å². The first-order valence-corrected chi connectivity index (χ1v) is 6.00. The van der Waals surface area contributed by atoms with E-state index in [1.807, 2.05) is 6.07 Å². The summed E-state index contributed by atoms with van der Waals surface area (Å²) in [5.74, 6) is 0.393. The number of nitrogens with two attached hydrogens (primary N) is 1. The molecule has 1 amide bonds. The van der Waals surface area contributed by atoms with E-state index < -0.39 is 0 Å². The van der Waals surface area contributed by atoms with E-state index in [-0.39, 0.29) is 5.91 Å². The number of hydrogen-bond acceptors (Lipinski definition) is 3. The molecule has 0 aliphatic rings. The van der Waals surface area contributed by atoms with Crippen LogP contribution in [0.4, 0.5) is 5.69 Å². The summed E-state index contributed by atoms with van der Waals surface area (Å²) in [7, 11) is 1.61. The van der Waals surface area contributed by atoms with E-state index in [0.717, 1.165) is 17.8 Å². The number of amides is 1. The third kappa shape index (κ3) is 3.52. The summed E-state index contributed by atoms with van der Waals surface area (Å²) in [6.45, 7) is 8.80. The molecule has 4 N–H and O–H groups in total. The smallest absolute Gasteiger partial charge is 0.251 e. The standard InChI is InChI=1S/C14H21N3O/c1-9(2)8-17-13-7-11(14(18)16-4)5-6-12(13)10(3)15/h5-7,9,17H,3,8,15H2,1-2,4H3,(H,16,18). The molecule has 0 aliphatic carbocycles. The minimum Gasteiger partial charge on any atom is -0.399 e. The van der Waals surface area contributed by atoms with Crippen molar-refractivity contribution in [3.8, 4) is 0 Å². The average Bonchev–Trinajstić information content (AvgIpc) is 2.34. The summed E-state index contributed by atoms with van der Waals surface area (Å²) in [5, 5.41) is 5.89. The van der Waals surface area contributed by atoms with E-state index in [4.69, 9.17) is 5.73 Å². The summed E-state index contributed by atoms with van der Waals surface area (Å²) in [4.78, 5) is 11.6. The fourth-order valence-electron chi connectivity index (χ4n) is 1.57. The lowest BCUT2D eigenvalue weighted by molar-refractivity contribution is 0.0963. The zero-order valence-corrected chi connectivity index (χ0v) is 11.2. The lowest BCUT2D eigenvalue weighted by Gasteiger charge is -2.15. The first-order chi connectivity index (χ1) is 8.45. The maximum Gasteiger partial charge on any atom is 0.251 e. The molecule has 0 fully saturated rings. The second kappa shape index (κ2) is 6.10. The van der Waals surface area contributed by atoms with Gasteiger partial charge in [-0.25, -0.2) is 0 Å². The Hall–Kier alpha value is -1.97. The van der Waals surface area contributed by atoms with Gasteiger partial charge >= 0.3 is 0 Å². The van der Waals surface area contributed by atoms with Crippen molar-refractivity contribution in [1.29, 1.82) is 0 Å². The molecule has 0 aliphatic heterocycles. The molecule has 1 aromatic carbocycles. The predicted octanol–water partition coefficient (Wildman–Crippen LogP) is 2.04. The number of carbonyl (C=O) groups excluding carboxylic acids is 1. The lowest BCUT2D eigenvalue weighted by Crippen LogP contribution is -2.18. The summed E-state index contributed by atoms with van der Waals surface area (Å²) in [6, 6.07) is 5.36. The van der Waals surface area contributed by atoms with Gasteiger partial charge in [0.25, 0.3) is 5.91 Å². The molecule has 4 nitrogen and oxygen atoms in total. The van der Waals surface area contributed by atoms with Crippen LogP contribution >= 0.6 is 0 Å². The zero-order valence-electron chi connectivity index (χ0n) is 11.2. The number of nitrogens with one attached hydrogen (secondary N) is 2. The van der Waals surface area contributed by atoms with Crippen LogP contribution in [0.3, 0.4) is 0 Å². The van der Waals surface area contributed by atoms with E-state index in [1.165, 1.54) is 0 Å². The molecule has 98 valence electrons. The van der Waals surface area contributed by atoms with E-state index in [2.05, 4.69) is 31.1 Å². The number of anilines is 1. The summed E-state index contributed by atoms with van der Waals surface area (Å²) < 4.78 is 0. The van der Waals surface area contributed by atoms with Gasteiger partial charge in [-0.05, 0) is 18.1 Å². The third-order valence-electron chi connectivity index (χ3n) is 2.56. The van der Waals surface area contributed by atoms with Gasteiger partial charge < -0.3 is 16.4 Å². The minimum atomic E-state index is -0.114. The van der Waals surface area contributed by atoms with E-state index >= 15 is 0 Å². The third-order valence-corrected chi connectivity index (χ3v) is 2.56. The van der Waals surface area contributed by atoms with Crippen LogP contribution in [0.5, 0.6) is 0 Å². The average molecular weight is 247 g/mol. The summed E-state index contributed by atoms with van der Waals surface area (Å²) in [5.41, 5.74) is 8.52. The molecule has 0 unspecified atom stereocenters. The van der Waals surface area contributed by atoms with Gasteiger partial charge in [-0.15, -0.1) is 0 Å². The van der Waals surface area contributed by atoms with Crippen molar-refractivity contribution in [3.63, 3.8) is 0 Å². The Kier molecular flexibility index (Phi) is 4.77. The number of carbonyl (C=O) groups is 1. The highest BCUT2D eigenvalue weighted by atomic mass is 16.1. The zero-order chi connectivity index (χ0) is 13.7. The Labute approximate surface area is 108 Å². The molecule has 0 aromatic heterocycles. The molecule has 0 bridgehead atoms. The summed E-state index contributed by atoms with van der Waals surface area (Å²) in [6.07, 6.45) is 0. The van der Waals surface area contributed by atoms with Crippen LogP contribution in [-0.4, -0.2) is 19.5 Å².